The van der Waals surface area contributed by atoms with E-state index in [0.29, 0.717) is 43.3 Å². The highest BCUT2D eigenvalue weighted by atomic mass is 35.5. The second kappa shape index (κ2) is 8.53. The van der Waals surface area contributed by atoms with E-state index in [-0.39, 0.29) is 28.7 Å². The monoisotopic (exact) mass is 407 g/mol. The Morgan fingerprint density at radius 3 is 2.57 bits per heavy atom. The van der Waals surface area contributed by atoms with Gasteiger partial charge in [-0.1, -0.05) is 17.7 Å². The van der Waals surface area contributed by atoms with Crippen molar-refractivity contribution in [2.24, 2.45) is 0 Å². The number of piperazine rings is 1. The topological polar surface area (TPSA) is 75.9 Å². The number of amides is 1. The third-order valence-corrected chi connectivity index (χ3v) is 5.08. The number of rotatable bonds is 5. The number of halogens is 2. The third kappa shape index (κ3) is 4.23. The minimum Gasteiger partial charge on any atom is -0.490 e. The Morgan fingerprint density at radius 1 is 1.25 bits per heavy atom. The summed E-state index contributed by atoms with van der Waals surface area (Å²) in [5, 5.41) is 11.5. The normalized spacial score (nSPS) is 14.8. The molecule has 0 aliphatic carbocycles. The Hall–Kier alpha value is -2.71. The molecule has 0 radical (unpaired) electrons. The highest BCUT2D eigenvalue weighted by Crippen LogP contribution is 2.28. The Morgan fingerprint density at radius 2 is 1.96 bits per heavy atom. The van der Waals surface area contributed by atoms with Crippen LogP contribution in [-0.2, 0) is 6.54 Å². The lowest BCUT2D eigenvalue weighted by Crippen LogP contribution is -2.48. The molecular weight excluding hydrogens is 389 g/mol. The first kappa shape index (κ1) is 20.0. The molecule has 3 rings (SSSR count). The van der Waals surface area contributed by atoms with Crippen molar-refractivity contribution in [2.45, 2.75) is 6.54 Å². The molecule has 1 saturated heterocycles. The first-order valence-corrected chi connectivity index (χ1v) is 9.05. The largest absolute Gasteiger partial charge is 0.490 e. The molecule has 1 aliphatic rings. The maximum absolute atomic E-state index is 14.0. The second-order valence-electron chi connectivity index (χ2n) is 6.41. The average Bonchev–Trinajstić information content (AvgIpc) is 2.70. The van der Waals surface area contributed by atoms with Crippen LogP contribution >= 0.6 is 11.6 Å². The van der Waals surface area contributed by atoms with Gasteiger partial charge in [0, 0.05) is 54.9 Å². The van der Waals surface area contributed by atoms with E-state index in [2.05, 4.69) is 0 Å². The van der Waals surface area contributed by atoms with Gasteiger partial charge in [-0.15, -0.1) is 0 Å². The Kier molecular flexibility index (Phi) is 6.11. The van der Waals surface area contributed by atoms with Crippen LogP contribution in [0.2, 0.25) is 5.02 Å². The van der Waals surface area contributed by atoms with Crippen LogP contribution in [0.1, 0.15) is 15.9 Å². The van der Waals surface area contributed by atoms with Crippen molar-refractivity contribution in [1.82, 2.24) is 9.80 Å². The van der Waals surface area contributed by atoms with Crippen LogP contribution in [0.4, 0.5) is 10.1 Å². The van der Waals surface area contributed by atoms with E-state index >= 15 is 0 Å². The highest BCUT2D eigenvalue weighted by molar-refractivity contribution is 6.31. The molecule has 0 aromatic heterocycles. The number of carbonyl (C=O) groups is 1. The lowest BCUT2D eigenvalue weighted by molar-refractivity contribution is -0.385. The summed E-state index contributed by atoms with van der Waals surface area (Å²) in [7, 11) is 1.34. The molecular formula is C19H19ClFN3O4. The number of benzene rings is 2. The van der Waals surface area contributed by atoms with Crippen molar-refractivity contribution < 1.29 is 18.8 Å². The summed E-state index contributed by atoms with van der Waals surface area (Å²) in [6, 6.07) is 8.74. The van der Waals surface area contributed by atoms with Crippen LogP contribution in [0, 0.1) is 15.9 Å². The molecule has 1 aliphatic heterocycles. The summed E-state index contributed by atoms with van der Waals surface area (Å²) < 4.78 is 18.9. The van der Waals surface area contributed by atoms with Gasteiger partial charge in [0.25, 0.3) is 5.91 Å². The van der Waals surface area contributed by atoms with E-state index < -0.39 is 4.92 Å². The highest BCUT2D eigenvalue weighted by Gasteiger charge is 2.25. The van der Waals surface area contributed by atoms with Crippen molar-refractivity contribution in [3.63, 3.8) is 0 Å². The van der Waals surface area contributed by atoms with Crippen LogP contribution in [0.3, 0.4) is 0 Å². The Labute approximate surface area is 166 Å². The first-order valence-electron chi connectivity index (χ1n) is 8.67. The Balaban J connectivity index is 1.66. The second-order valence-corrected chi connectivity index (χ2v) is 6.82. The molecule has 0 saturated carbocycles. The van der Waals surface area contributed by atoms with E-state index in [0.717, 1.165) is 0 Å². The maximum atomic E-state index is 14.0. The predicted octanol–water partition coefficient (Wildman–Crippen LogP) is 3.35. The SMILES string of the molecule is COc1ccc(C(=O)N2CCN(Cc3c(F)cccc3Cl)CC2)cc1[N+](=O)[O-]. The lowest BCUT2D eigenvalue weighted by atomic mass is 10.1. The fourth-order valence-corrected chi connectivity index (χ4v) is 3.39. The maximum Gasteiger partial charge on any atom is 0.311 e. The molecule has 9 heteroatoms. The van der Waals surface area contributed by atoms with Crippen molar-refractivity contribution >= 4 is 23.2 Å². The summed E-state index contributed by atoms with van der Waals surface area (Å²) in [6.45, 7) is 2.33. The summed E-state index contributed by atoms with van der Waals surface area (Å²) in [4.78, 5) is 26.9. The molecule has 2 aromatic carbocycles. The molecule has 7 nitrogen and oxygen atoms in total. The molecule has 0 spiro atoms. The van der Waals surface area contributed by atoms with E-state index in [9.17, 15) is 19.3 Å². The molecule has 1 heterocycles. The molecule has 1 amide bonds. The van der Waals surface area contributed by atoms with Crippen molar-refractivity contribution in [2.75, 3.05) is 33.3 Å². The van der Waals surface area contributed by atoms with Gasteiger partial charge in [-0.25, -0.2) is 4.39 Å². The van der Waals surface area contributed by atoms with Gasteiger partial charge < -0.3 is 9.64 Å². The number of hydrogen-bond acceptors (Lipinski definition) is 5. The van der Waals surface area contributed by atoms with Crippen LogP contribution < -0.4 is 4.74 Å². The van der Waals surface area contributed by atoms with Crippen molar-refractivity contribution in [1.29, 1.82) is 0 Å². The van der Waals surface area contributed by atoms with Gasteiger partial charge in [-0.3, -0.25) is 19.8 Å². The number of carbonyl (C=O) groups excluding carboxylic acids is 1. The van der Waals surface area contributed by atoms with Crippen LogP contribution in [-0.4, -0.2) is 53.9 Å². The molecule has 1 fully saturated rings. The van der Waals surface area contributed by atoms with Gasteiger partial charge in [-0.2, -0.15) is 0 Å². The number of hydrogen-bond donors (Lipinski definition) is 0. The van der Waals surface area contributed by atoms with E-state index in [1.807, 2.05) is 4.90 Å². The van der Waals surface area contributed by atoms with Crippen LogP contribution in [0.5, 0.6) is 5.75 Å². The number of nitro groups is 1. The number of ether oxygens (including phenoxy) is 1. The van der Waals surface area contributed by atoms with Crippen molar-refractivity contribution in [3.05, 3.63) is 68.5 Å². The van der Waals surface area contributed by atoms with Gasteiger partial charge in [0.15, 0.2) is 5.75 Å². The summed E-state index contributed by atoms with van der Waals surface area (Å²) in [5.41, 5.74) is 0.425. The Bertz CT molecular complexity index is 880. The summed E-state index contributed by atoms with van der Waals surface area (Å²) in [5.74, 6) is -0.529. The standard InChI is InChI=1S/C19H19ClFN3O4/c1-28-18-6-5-13(11-17(18)24(26)27)19(25)23-9-7-22(8-10-23)12-14-15(20)3-2-4-16(14)21/h2-6,11H,7-10,12H2,1H3. The van der Waals surface area contributed by atoms with Gasteiger partial charge in [0.05, 0.1) is 12.0 Å². The molecule has 0 N–H and O–H groups in total. The van der Waals surface area contributed by atoms with Gasteiger partial charge >= 0.3 is 5.69 Å². The van der Waals surface area contributed by atoms with Gasteiger partial charge in [-0.05, 0) is 24.3 Å². The fourth-order valence-electron chi connectivity index (χ4n) is 3.16. The average molecular weight is 408 g/mol. The molecule has 0 bridgehead atoms. The van der Waals surface area contributed by atoms with E-state index in [4.69, 9.17) is 16.3 Å². The lowest BCUT2D eigenvalue weighted by Gasteiger charge is -2.35. The zero-order valence-electron chi connectivity index (χ0n) is 15.2. The van der Waals surface area contributed by atoms with E-state index in [1.165, 1.54) is 31.4 Å². The minimum absolute atomic E-state index is 0.105. The zero-order chi connectivity index (χ0) is 20.3. The molecule has 2 aromatic rings. The number of methoxy groups -OCH3 is 1. The number of nitro benzene ring substituents is 1. The molecule has 0 atom stereocenters. The smallest absolute Gasteiger partial charge is 0.311 e. The first-order chi connectivity index (χ1) is 13.4. The molecule has 148 valence electrons. The van der Waals surface area contributed by atoms with E-state index in [1.54, 1.807) is 17.0 Å². The fraction of sp³-hybridized carbons (Fsp3) is 0.316. The molecule has 0 unspecified atom stereocenters. The van der Waals surface area contributed by atoms with Gasteiger partial charge in [0.2, 0.25) is 0 Å². The third-order valence-electron chi connectivity index (χ3n) is 4.73. The quantitative estimate of drug-likeness (QED) is 0.561. The predicted molar refractivity (Wildman–Crippen MR) is 102 cm³/mol. The minimum atomic E-state index is -0.578. The van der Waals surface area contributed by atoms with Crippen LogP contribution in [0.25, 0.3) is 0 Å². The van der Waals surface area contributed by atoms with Gasteiger partial charge in [0.1, 0.15) is 5.82 Å². The van der Waals surface area contributed by atoms with Crippen LogP contribution in [0.15, 0.2) is 36.4 Å². The number of nitrogens with zero attached hydrogens (tertiary/aromatic N) is 3. The van der Waals surface area contributed by atoms with Crippen molar-refractivity contribution in [3.8, 4) is 5.75 Å². The summed E-state index contributed by atoms with van der Waals surface area (Å²) in [6.07, 6.45) is 0. The summed E-state index contributed by atoms with van der Waals surface area (Å²) >= 11 is 6.08. The molecule has 28 heavy (non-hydrogen) atoms. The zero-order valence-corrected chi connectivity index (χ0v) is 16.0.